The summed E-state index contributed by atoms with van der Waals surface area (Å²) in [6, 6.07) is 12.3. The highest BCUT2D eigenvalue weighted by molar-refractivity contribution is 7.16. The van der Waals surface area contributed by atoms with Gasteiger partial charge in [-0.2, -0.15) is 0 Å². The van der Waals surface area contributed by atoms with E-state index in [9.17, 15) is 0 Å². The number of para-hydroxylation sites is 2. The van der Waals surface area contributed by atoms with E-state index in [2.05, 4.69) is 40.7 Å². The second-order valence-corrected chi connectivity index (χ2v) is 5.96. The van der Waals surface area contributed by atoms with Crippen LogP contribution in [0.4, 0.5) is 0 Å². The van der Waals surface area contributed by atoms with Gasteiger partial charge in [0, 0.05) is 11.3 Å². The van der Waals surface area contributed by atoms with Crippen LogP contribution in [0.5, 0.6) is 0 Å². The number of hydrogen-bond acceptors (Lipinski definition) is 2. The lowest BCUT2D eigenvalue weighted by atomic mass is 10.3. The van der Waals surface area contributed by atoms with Crippen LogP contribution in [-0.4, -0.2) is 9.55 Å². The molecule has 0 amide bonds. The van der Waals surface area contributed by atoms with Crippen LogP contribution in [0.2, 0.25) is 4.34 Å². The van der Waals surface area contributed by atoms with Crippen molar-refractivity contribution in [1.29, 1.82) is 0 Å². The SMILES string of the molecule is CCc1nc2ccccc2n1Cc1ccc(Cl)s1. The summed E-state index contributed by atoms with van der Waals surface area (Å²) >= 11 is 7.62. The van der Waals surface area contributed by atoms with Gasteiger partial charge in [-0.3, -0.25) is 0 Å². The zero-order valence-corrected chi connectivity index (χ0v) is 11.6. The number of rotatable bonds is 3. The molecule has 0 aliphatic heterocycles. The molecule has 0 saturated carbocycles. The molecule has 2 nitrogen and oxygen atoms in total. The van der Waals surface area contributed by atoms with E-state index in [1.165, 1.54) is 10.4 Å². The number of imidazole rings is 1. The van der Waals surface area contributed by atoms with E-state index < -0.39 is 0 Å². The van der Waals surface area contributed by atoms with Crippen LogP contribution in [0.3, 0.4) is 0 Å². The van der Waals surface area contributed by atoms with Crippen molar-refractivity contribution in [3.05, 3.63) is 51.4 Å². The molecule has 0 aliphatic rings. The summed E-state index contributed by atoms with van der Waals surface area (Å²) < 4.78 is 3.12. The molecule has 3 rings (SSSR count). The van der Waals surface area contributed by atoms with E-state index in [1.807, 2.05) is 12.1 Å². The first kappa shape index (κ1) is 11.8. The van der Waals surface area contributed by atoms with Crippen LogP contribution in [0, 0.1) is 0 Å². The molecule has 0 spiro atoms. The Labute approximate surface area is 115 Å². The Hall–Kier alpha value is -1.32. The minimum atomic E-state index is 0.840. The molecule has 2 aromatic heterocycles. The molecule has 0 N–H and O–H groups in total. The van der Waals surface area contributed by atoms with Crippen LogP contribution in [0.1, 0.15) is 17.6 Å². The second-order valence-electron chi connectivity index (χ2n) is 4.16. The predicted octanol–water partition coefficient (Wildman–Crippen LogP) is 4.36. The topological polar surface area (TPSA) is 17.8 Å². The maximum absolute atomic E-state index is 5.99. The smallest absolute Gasteiger partial charge is 0.109 e. The molecule has 0 atom stereocenters. The number of hydrogen-bond donors (Lipinski definition) is 0. The molecule has 0 saturated heterocycles. The fraction of sp³-hybridized carbons (Fsp3) is 0.214. The van der Waals surface area contributed by atoms with E-state index >= 15 is 0 Å². The summed E-state index contributed by atoms with van der Waals surface area (Å²) in [6.45, 7) is 2.99. The van der Waals surface area contributed by atoms with Crippen molar-refractivity contribution >= 4 is 34.0 Å². The van der Waals surface area contributed by atoms with Gasteiger partial charge >= 0.3 is 0 Å². The summed E-state index contributed by atoms with van der Waals surface area (Å²) in [6.07, 6.45) is 0.938. The van der Waals surface area contributed by atoms with Crippen molar-refractivity contribution in [2.24, 2.45) is 0 Å². The van der Waals surface area contributed by atoms with Crippen LogP contribution >= 0.6 is 22.9 Å². The average molecular weight is 277 g/mol. The van der Waals surface area contributed by atoms with E-state index in [0.29, 0.717) is 0 Å². The Morgan fingerprint density at radius 1 is 1.22 bits per heavy atom. The van der Waals surface area contributed by atoms with Crippen molar-refractivity contribution in [2.45, 2.75) is 19.9 Å². The van der Waals surface area contributed by atoms with Crippen LogP contribution in [0.25, 0.3) is 11.0 Å². The summed E-state index contributed by atoms with van der Waals surface area (Å²) in [5.41, 5.74) is 2.26. The molecule has 2 heterocycles. The highest BCUT2D eigenvalue weighted by Gasteiger charge is 2.09. The fourth-order valence-corrected chi connectivity index (χ4v) is 3.24. The van der Waals surface area contributed by atoms with Crippen molar-refractivity contribution in [3.63, 3.8) is 0 Å². The fourth-order valence-electron chi connectivity index (χ4n) is 2.16. The third-order valence-corrected chi connectivity index (χ3v) is 4.21. The first-order valence-electron chi connectivity index (χ1n) is 5.96. The van der Waals surface area contributed by atoms with E-state index in [4.69, 9.17) is 11.6 Å². The lowest BCUT2D eigenvalue weighted by Gasteiger charge is -2.06. The number of fused-ring (bicyclic) bond motifs is 1. The van der Waals surface area contributed by atoms with Crippen molar-refractivity contribution in [1.82, 2.24) is 9.55 Å². The monoisotopic (exact) mass is 276 g/mol. The van der Waals surface area contributed by atoms with Gasteiger partial charge in [0.2, 0.25) is 0 Å². The zero-order valence-electron chi connectivity index (χ0n) is 10.1. The van der Waals surface area contributed by atoms with Crippen LogP contribution in [0.15, 0.2) is 36.4 Å². The molecule has 0 aliphatic carbocycles. The number of halogens is 1. The number of benzene rings is 1. The van der Waals surface area contributed by atoms with Crippen molar-refractivity contribution in [2.75, 3.05) is 0 Å². The van der Waals surface area contributed by atoms with Gasteiger partial charge in [-0.05, 0) is 24.3 Å². The van der Waals surface area contributed by atoms with Crippen LogP contribution in [-0.2, 0) is 13.0 Å². The van der Waals surface area contributed by atoms with E-state index in [0.717, 1.165) is 28.6 Å². The number of aromatic nitrogens is 2. The lowest BCUT2D eigenvalue weighted by Crippen LogP contribution is -2.02. The Balaban J connectivity index is 2.09. The molecular formula is C14H13ClN2S. The van der Waals surface area contributed by atoms with Gasteiger partial charge in [-0.15, -0.1) is 11.3 Å². The number of aryl methyl sites for hydroxylation is 1. The third-order valence-electron chi connectivity index (χ3n) is 2.99. The van der Waals surface area contributed by atoms with E-state index in [1.54, 1.807) is 11.3 Å². The Morgan fingerprint density at radius 3 is 2.78 bits per heavy atom. The zero-order chi connectivity index (χ0) is 12.5. The maximum atomic E-state index is 5.99. The maximum Gasteiger partial charge on any atom is 0.109 e. The highest BCUT2D eigenvalue weighted by atomic mass is 35.5. The van der Waals surface area contributed by atoms with Gasteiger partial charge in [0.05, 0.1) is 21.9 Å². The minimum Gasteiger partial charge on any atom is -0.323 e. The Morgan fingerprint density at radius 2 is 2.06 bits per heavy atom. The normalized spacial score (nSPS) is 11.2. The molecule has 0 fully saturated rings. The first-order chi connectivity index (χ1) is 8.78. The van der Waals surface area contributed by atoms with Crippen molar-refractivity contribution < 1.29 is 0 Å². The summed E-state index contributed by atoms with van der Waals surface area (Å²) in [5, 5.41) is 0. The predicted molar refractivity (Wildman–Crippen MR) is 77.5 cm³/mol. The molecular weight excluding hydrogens is 264 g/mol. The van der Waals surface area contributed by atoms with Crippen molar-refractivity contribution in [3.8, 4) is 0 Å². The minimum absolute atomic E-state index is 0.840. The molecule has 0 radical (unpaired) electrons. The Bertz CT molecular complexity index is 684. The van der Waals surface area contributed by atoms with Gasteiger partial charge in [-0.1, -0.05) is 30.7 Å². The molecule has 18 heavy (non-hydrogen) atoms. The summed E-state index contributed by atoms with van der Waals surface area (Å²) in [5.74, 6) is 1.13. The third kappa shape index (κ3) is 2.04. The van der Waals surface area contributed by atoms with Gasteiger partial charge in [-0.25, -0.2) is 4.98 Å². The van der Waals surface area contributed by atoms with Gasteiger partial charge in [0.1, 0.15) is 5.82 Å². The van der Waals surface area contributed by atoms with Gasteiger partial charge < -0.3 is 4.57 Å². The Kier molecular flexibility index (Phi) is 3.10. The van der Waals surface area contributed by atoms with Crippen LogP contribution < -0.4 is 0 Å². The summed E-state index contributed by atoms with van der Waals surface area (Å²) in [7, 11) is 0. The van der Waals surface area contributed by atoms with Gasteiger partial charge in [0.15, 0.2) is 0 Å². The number of thiophene rings is 1. The molecule has 1 aromatic carbocycles. The van der Waals surface area contributed by atoms with Gasteiger partial charge in [0.25, 0.3) is 0 Å². The standard InChI is InChI=1S/C14H13ClN2S/c1-2-14-16-11-5-3-4-6-12(11)17(14)9-10-7-8-13(15)18-10/h3-8H,2,9H2,1H3. The van der Waals surface area contributed by atoms with E-state index in [-0.39, 0.29) is 0 Å². The summed E-state index contributed by atoms with van der Waals surface area (Å²) in [4.78, 5) is 5.93. The highest BCUT2D eigenvalue weighted by Crippen LogP contribution is 2.25. The largest absolute Gasteiger partial charge is 0.323 e. The quantitative estimate of drug-likeness (QED) is 0.695. The molecule has 0 bridgehead atoms. The molecule has 4 heteroatoms. The molecule has 0 unspecified atom stereocenters. The second kappa shape index (κ2) is 4.75. The molecule has 92 valence electrons. The number of nitrogens with zero attached hydrogens (tertiary/aromatic N) is 2. The molecule has 3 aromatic rings. The average Bonchev–Trinajstić information content (AvgIpc) is 2.94. The first-order valence-corrected chi connectivity index (χ1v) is 7.15. The lowest BCUT2D eigenvalue weighted by molar-refractivity contribution is 0.761.